The van der Waals surface area contributed by atoms with Crippen molar-refractivity contribution in [1.82, 2.24) is 30.0 Å². The number of rotatable bonds is 7. The highest BCUT2D eigenvalue weighted by atomic mass is 127. The van der Waals surface area contributed by atoms with Gasteiger partial charge < -0.3 is 19.9 Å². The second-order valence-corrected chi connectivity index (χ2v) is 9.42. The highest BCUT2D eigenvalue weighted by Crippen LogP contribution is 2.35. The van der Waals surface area contributed by atoms with Crippen molar-refractivity contribution in [1.29, 1.82) is 0 Å². The standard InChI is InChI=1S/C25H24IN7O/c1-15-28-25(32-31-15)19-6-4-5-17-20-14-27-10-9-18(20)24(30-23(17)19)29-22-8-7-16(13-21(22)26)34-12-11-33(2)3/h4-10,13-14H,11-12H2,1-3H3,(H,29,30)(H,28,31,32). The molecule has 0 amide bonds. The van der Waals surface area contributed by atoms with Gasteiger partial charge >= 0.3 is 0 Å². The van der Waals surface area contributed by atoms with Crippen LogP contribution in [0, 0.1) is 10.5 Å². The smallest absolute Gasteiger partial charge is 0.163 e. The van der Waals surface area contributed by atoms with Gasteiger partial charge in [-0.2, -0.15) is 0 Å². The number of anilines is 2. The van der Waals surface area contributed by atoms with Crippen LogP contribution in [0.25, 0.3) is 33.1 Å². The molecule has 2 N–H and O–H groups in total. The summed E-state index contributed by atoms with van der Waals surface area (Å²) in [5.41, 5.74) is 2.69. The second kappa shape index (κ2) is 9.51. The van der Waals surface area contributed by atoms with E-state index in [2.05, 4.69) is 59.0 Å². The maximum Gasteiger partial charge on any atom is 0.163 e. The number of H-pyrrole nitrogens is 1. The van der Waals surface area contributed by atoms with Gasteiger partial charge in [-0.15, -0.1) is 10.2 Å². The maximum atomic E-state index is 5.88. The molecule has 0 aliphatic carbocycles. The molecule has 34 heavy (non-hydrogen) atoms. The molecule has 0 saturated carbocycles. The average Bonchev–Trinajstić information content (AvgIpc) is 3.26. The number of benzene rings is 2. The topological polar surface area (TPSA) is 91.8 Å². The molecule has 5 rings (SSSR count). The van der Waals surface area contributed by atoms with E-state index in [9.17, 15) is 0 Å². The van der Waals surface area contributed by atoms with Crippen LogP contribution in [0.2, 0.25) is 0 Å². The Bertz CT molecular complexity index is 1480. The molecule has 0 unspecified atom stereocenters. The van der Waals surface area contributed by atoms with E-state index >= 15 is 0 Å². The molecule has 0 fully saturated rings. The molecule has 172 valence electrons. The molecule has 0 aliphatic heterocycles. The lowest BCUT2D eigenvalue weighted by Crippen LogP contribution is -2.19. The Balaban J connectivity index is 1.57. The second-order valence-electron chi connectivity index (χ2n) is 8.26. The van der Waals surface area contributed by atoms with E-state index in [1.54, 1.807) is 6.20 Å². The zero-order chi connectivity index (χ0) is 23.7. The number of aromatic nitrogens is 5. The summed E-state index contributed by atoms with van der Waals surface area (Å²) in [6.45, 7) is 3.39. The van der Waals surface area contributed by atoms with Gasteiger partial charge in [0, 0.05) is 44.2 Å². The third-order valence-corrected chi connectivity index (χ3v) is 6.37. The third kappa shape index (κ3) is 4.53. The number of pyridine rings is 2. The van der Waals surface area contributed by atoms with Gasteiger partial charge in [-0.25, -0.2) is 4.98 Å². The van der Waals surface area contributed by atoms with E-state index < -0.39 is 0 Å². The maximum absolute atomic E-state index is 5.88. The van der Waals surface area contributed by atoms with Crippen molar-refractivity contribution in [2.75, 3.05) is 32.6 Å². The largest absolute Gasteiger partial charge is 0.492 e. The van der Waals surface area contributed by atoms with E-state index in [1.165, 1.54) is 0 Å². The number of nitrogens with zero attached hydrogens (tertiary/aromatic N) is 5. The number of fused-ring (bicyclic) bond motifs is 3. The summed E-state index contributed by atoms with van der Waals surface area (Å²) in [6.07, 6.45) is 3.67. The highest BCUT2D eigenvalue weighted by Gasteiger charge is 2.15. The summed E-state index contributed by atoms with van der Waals surface area (Å²) in [7, 11) is 4.07. The molecule has 5 aromatic rings. The normalized spacial score (nSPS) is 11.4. The number of aryl methyl sites for hydroxylation is 1. The van der Waals surface area contributed by atoms with E-state index in [0.717, 1.165) is 60.4 Å². The first-order chi connectivity index (χ1) is 16.5. The molecule has 8 nitrogen and oxygen atoms in total. The van der Waals surface area contributed by atoms with E-state index in [1.807, 2.05) is 63.6 Å². The van der Waals surface area contributed by atoms with Crippen LogP contribution in [0.5, 0.6) is 5.75 Å². The summed E-state index contributed by atoms with van der Waals surface area (Å²) < 4.78 is 6.93. The Morgan fingerprint density at radius 2 is 1.94 bits per heavy atom. The van der Waals surface area contributed by atoms with Gasteiger partial charge in [-0.05, 0) is 73.9 Å². The van der Waals surface area contributed by atoms with Crippen LogP contribution in [0.3, 0.4) is 0 Å². The van der Waals surface area contributed by atoms with Gasteiger partial charge in [0.25, 0.3) is 0 Å². The minimum absolute atomic E-state index is 0.642. The Morgan fingerprint density at radius 1 is 1.06 bits per heavy atom. The number of aromatic amines is 1. The van der Waals surface area contributed by atoms with Crippen LogP contribution in [0.15, 0.2) is 54.9 Å². The number of hydrogen-bond donors (Lipinski definition) is 2. The van der Waals surface area contributed by atoms with Gasteiger partial charge in [0.05, 0.1) is 11.2 Å². The van der Waals surface area contributed by atoms with Crippen LogP contribution in [-0.4, -0.2) is 57.3 Å². The zero-order valence-corrected chi connectivity index (χ0v) is 21.3. The summed E-state index contributed by atoms with van der Waals surface area (Å²) >= 11 is 2.32. The summed E-state index contributed by atoms with van der Waals surface area (Å²) in [5.74, 6) is 3.06. The fourth-order valence-electron chi connectivity index (χ4n) is 3.78. The average molecular weight is 565 g/mol. The Morgan fingerprint density at radius 3 is 2.71 bits per heavy atom. The number of para-hydroxylation sites is 1. The molecule has 9 heteroatoms. The van der Waals surface area contributed by atoms with Crippen molar-refractivity contribution in [3.05, 3.63) is 64.3 Å². The van der Waals surface area contributed by atoms with Crippen molar-refractivity contribution >= 4 is 55.8 Å². The van der Waals surface area contributed by atoms with Gasteiger partial charge in [-0.1, -0.05) is 12.1 Å². The zero-order valence-electron chi connectivity index (χ0n) is 19.1. The Labute approximate surface area is 210 Å². The van der Waals surface area contributed by atoms with Crippen molar-refractivity contribution in [2.24, 2.45) is 0 Å². The first-order valence-corrected chi connectivity index (χ1v) is 12.0. The van der Waals surface area contributed by atoms with Crippen LogP contribution in [0.4, 0.5) is 11.5 Å². The summed E-state index contributed by atoms with van der Waals surface area (Å²) in [5, 5.41) is 15.0. The lowest BCUT2D eigenvalue weighted by Gasteiger charge is -2.15. The number of ether oxygens (including phenoxy) is 1. The van der Waals surface area contributed by atoms with Gasteiger partial charge in [-0.3, -0.25) is 4.98 Å². The molecular weight excluding hydrogens is 541 g/mol. The third-order valence-electron chi connectivity index (χ3n) is 5.48. The molecule has 0 bridgehead atoms. The minimum Gasteiger partial charge on any atom is -0.492 e. The van der Waals surface area contributed by atoms with Gasteiger partial charge in [0.2, 0.25) is 0 Å². The molecular formula is C25H24IN7O. The number of hydrogen-bond acceptors (Lipinski definition) is 7. The van der Waals surface area contributed by atoms with Crippen molar-refractivity contribution in [3.8, 4) is 17.1 Å². The van der Waals surface area contributed by atoms with E-state index in [0.29, 0.717) is 12.4 Å². The molecule has 0 radical (unpaired) electrons. The van der Waals surface area contributed by atoms with E-state index in [4.69, 9.17) is 9.72 Å². The quantitative estimate of drug-likeness (QED) is 0.208. The molecule has 3 heterocycles. The van der Waals surface area contributed by atoms with Crippen LogP contribution >= 0.6 is 22.6 Å². The molecule has 0 aliphatic rings. The van der Waals surface area contributed by atoms with Gasteiger partial charge in [0.15, 0.2) is 5.82 Å². The number of halogens is 1. The lowest BCUT2D eigenvalue weighted by molar-refractivity contribution is 0.261. The van der Waals surface area contributed by atoms with Crippen molar-refractivity contribution in [3.63, 3.8) is 0 Å². The molecule has 2 aromatic carbocycles. The van der Waals surface area contributed by atoms with Crippen LogP contribution in [-0.2, 0) is 0 Å². The SMILES string of the molecule is Cc1nnc(-c2cccc3c2nc(Nc2ccc(OCCN(C)C)cc2I)c2ccncc23)[nH]1. The number of nitrogens with one attached hydrogen (secondary N) is 2. The van der Waals surface area contributed by atoms with Gasteiger partial charge in [0.1, 0.15) is 24.0 Å². The first-order valence-electron chi connectivity index (χ1n) is 10.9. The first kappa shape index (κ1) is 22.5. The highest BCUT2D eigenvalue weighted by molar-refractivity contribution is 14.1. The molecule has 0 spiro atoms. The Kier molecular flexibility index (Phi) is 6.29. The predicted molar refractivity (Wildman–Crippen MR) is 144 cm³/mol. The van der Waals surface area contributed by atoms with Crippen LogP contribution < -0.4 is 10.1 Å². The summed E-state index contributed by atoms with van der Waals surface area (Å²) in [6, 6.07) is 14.1. The van der Waals surface area contributed by atoms with Crippen LogP contribution in [0.1, 0.15) is 5.82 Å². The van der Waals surface area contributed by atoms with Crippen molar-refractivity contribution in [2.45, 2.75) is 6.92 Å². The fourth-order valence-corrected chi connectivity index (χ4v) is 4.41. The molecule has 0 atom stereocenters. The molecule has 3 aromatic heterocycles. The minimum atomic E-state index is 0.642. The predicted octanol–water partition coefficient (Wildman–Crippen LogP) is 5.17. The number of likely N-dealkylation sites (N-methyl/N-ethyl adjacent to an activating group) is 1. The summed E-state index contributed by atoms with van der Waals surface area (Å²) in [4.78, 5) is 14.7. The van der Waals surface area contributed by atoms with Crippen molar-refractivity contribution < 1.29 is 4.74 Å². The monoisotopic (exact) mass is 565 g/mol. The lowest BCUT2D eigenvalue weighted by atomic mass is 10.0. The molecule has 0 saturated heterocycles. The van der Waals surface area contributed by atoms with E-state index in [-0.39, 0.29) is 0 Å². The Hall–Kier alpha value is -3.31. The fraction of sp³-hybridized carbons (Fsp3) is 0.200.